The quantitative estimate of drug-likeness (QED) is 0.525. The molecule has 0 aliphatic carbocycles. The molecule has 2 N–H and O–H groups in total. The van der Waals surface area contributed by atoms with Crippen LogP contribution in [0.4, 0.5) is 0 Å². The van der Waals surface area contributed by atoms with Crippen molar-refractivity contribution in [1.82, 2.24) is 5.32 Å². The molecule has 0 spiro atoms. The largest absolute Gasteiger partial charge is 0.396 e. The van der Waals surface area contributed by atoms with Gasteiger partial charge in [-0.3, -0.25) is 4.79 Å². The third-order valence-electron chi connectivity index (χ3n) is 1.31. The van der Waals surface area contributed by atoms with Crippen LogP contribution in [0.5, 0.6) is 0 Å². The summed E-state index contributed by atoms with van der Waals surface area (Å²) in [5, 5.41) is 11.2. The van der Waals surface area contributed by atoms with Crippen molar-refractivity contribution in [2.45, 2.75) is 25.8 Å². The number of hydrogen-bond acceptors (Lipinski definition) is 3. The standard InChI is InChI=1S/C7H15NO2S/c1-6(2-4-9)8-7(10)3-5-11/h6,9,11H,2-5H2,1H3,(H,8,10). The van der Waals surface area contributed by atoms with E-state index in [2.05, 4.69) is 17.9 Å². The summed E-state index contributed by atoms with van der Waals surface area (Å²) in [6.45, 7) is 1.98. The molecule has 0 bridgehead atoms. The molecule has 0 aromatic rings. The van der Waals surface area contributed by atoms with Crippen LogP contribution >= 0.6 is 12.6 Å². The topological polar surface area (TPSA) is 49.3 Å². The molecule has 0 fully saturated rings. The Labute approximate surface area is 72.6 Å². The molecule has 66 valence electrons. The lowest BCUT2D eigenvalue weighted by Gasteiger charge is -2.11. The van der Waals surface area contributed by atoms with E-state index in [-0.39, 0.29) is 18.6 Å². The summed E-state index contributed by atoms with van der Waals surface area (Å²) < 4.78 is 0. The van der Waals surface area contributed by atoms with Crippen LogP contribution in [0.25, 0.3) is 0 Å². The minimum absolute atomic E-state index is 0.000880. The van der Waals surface area contributed by atoms with Crippen molar-refractivity contribution in [2.75, 3.05) is 12.4 Å². The second-order valence-corrected chi connectivity index (χ2v) is 2.90. The SMILES string of the molecule is CC(CCO)NC(=O)CCS. The number of nitrogens with one attached hydrogen (secondary N) is 1. The van der Waals surface area contributed by atoms with E-state index in [1.165, 1.54) is 0 Å². The van der Waals surface area contributed by atoms with Crippen LogP contribution in [-0.2, 0) is 4.79 Å². The van der Waals surface area contributed by atoms with Gasteiger partial charge in [-0.05, 0) is 19.1 Å². The first-order valence-electron chi connectivity index (χ1n) is 3.71. The summed E-state index contributed by atoms with van der Waals surface area (Å²) in [6, 6.07) is 0.0624. The molecule has 1 atom stereocenters. The van der Waals surface area contributed by atoms with Crippen molar-refractivity contribution in [3.05, 3.63) is 0 Å². The Balaban J connectivity index is 3.40. The monoisotopic (exact) mass is 177 g/mol. The van der Waals surface area contributed by atoms with E-state index in [0.29, 0.717) is 18.6 Å². The number of thiol groups is 1. The van der Waals surface area contributed by atoms with E-state index in [0.717, 1.165) is 0 Å². The van der Waals surface area contributed by atoms with Crippen molar-refractivity contribution >= 4 is 18.5 Å². The molecular formula is C7H15NO2S. The Morgan fingerprint density at radius 2 is 2.36 bits per heavy atom. The average Bonchev–Trinajstić information content (AvgIpc) is 1.87. The Kier molecular flexibility index (Phi) is 6.36. The number of amides is 1. The number of hydrogen-bond donors (Lipinski definition) is 3. The van der Waals surface area contributed by atoms with Gasteiger partial charge in [-0.25, -0.2) is 0 Å². The molecule has 0 aliphatic rings. The maximum absolute atomic E-state index is 10.9. The zero-order valence-corrected chi connectivity index (χ0v) is 7.60. The molecule has 0 aliphatic heterocycles. The summed E-state index contributed by atoms with van der Waals surface area (Å²) >= 11 is 3.92. The highest BCUT2D eigenvalue weighted by atomic mass is 32.1. The highest BCUT2D eigenvalue weighted by Gasteiger charge is 2.04. The smallest absolute Gasteiger partial charge is 0.221 e. The van der Waals surface area contributed by atoms with Gasteiger partial charge in [0.2, 0.25) is 5.91 Å². The molecule has 0 aromatic heterocycles. The number of carbonyl (C=O) groups is 1. The molecule has 0 saturated carbocycles. The van der Waals surface area contributed by atoms with Crippen molar-refractivity contribution in [1.29, 1.82) is 0 Å². The van der Waals surface area contributed by atoms with Crippen LogP contribution in [0.2, 0.25) is 0 Å². The Morgan fingerprint density at radius 1 is 1.73 bits per heavy atom. The molecule has 11 heavy (non-hydrogen) atoms. The van der Waals surface area contributed by atoms with E-state index in [1.54, 1.807) is 0 Å². The van der Waals surface area contributed by atoms with Gasteiger partial charge in [-0.2, -0.15) is 12.6 Å². The molecular weight excluding hydrogens is 162 g/mol. The number of rotatable bonds is 5. The van der Waals surface area contributed by atoms with Crippen LogP contribution in [0, 0.1) is 0 Å². The number of carbonyl (C=O) groups excluding carboxylic acids is 1. The maximum atomic E-state index is 10.9. The van der Waals surface area contributed by atoms with E-state index >= 15 is 0 Å². The summed E-state index contributed by atoms with van der Waals surface area (Å²) in [7, 11) is 0. The zero-order valence-electron chi connectivity index (χ0n) is 6.71. The predicted molar refractivity (Wildman–Crippen MR) is 47.8 cm³/mol. The normalized spacial score (nSPS) is 12.6. The van der Waals surface area contributed by atoms with Gasteiger partial charge in [-0.15, -0.1) is 0 Å². The third kappa shape index (κ3) is 6.19. The summed E-state index contributed by atoms with van der Waals surface area (Å²) in [5.41, 5.74) is 0. The average molecular weight is 177 g/mol. The van der Waals surface area contributed by atoms with Crippen LogP contribution in [-0.4, -0.2) is 29.4 Å². The van der Waals surface area contributed by atoms with Crippen LogP contribution in [0.15, 0.2) is 0 Å². The molecule has 1 unspecified atom stereocenters. The fraction of sp³-hybridized carbons (Fsp3) is 0.857. The van der Waals surface area contributed by atoms with E-state index in [9.17, 15) is 4.79 Å². The summed E-state index contributed by atoms with van der Waals surface area (Å²) in [4.78, 5) is 10.9. The van der Waals surface area contributed by atoms with Gasteiger partial charge in [0.15, 0.2) is 0 Å². The Hall–Kier alpha value is -0.220. The first kappa shape index (κ1) is 10.8. The molecule has 0 heterocycles. The fourth-order valence-electron chi connectivity index (χ4n) is 0.714. The van der Waals surface area contributed by atoms with Crippen LogP contribution in [0.3, 0.4) is 0 Å². The van der Waals surface area contributed by atoms with Gasteiger partial charge >= 0.3 is 0 Å². The Morgan fingerprint density at radius 3 is 2.82 bits per heavy atom. The van der Waals surface area contributed by atoms with Crippen molar-refractivity contribution in [2.24, 2.45) is 0 Å². The predicted octanol–water partition coefficient (Wildman–Crippen LogP) is 0.193. The van der Waals surface area contributed by atoms with E-state index in [4.69, 9.17) is 5.11 Å². The molecule has 4 heteroatoms. The highest BCUT2D eigenvalue weighted by Crippen LogP contribution is 1.90. The molecule has 3 nitrogen and oxygen atoms in total. The molecule has 0 rings (SSSR count). The van der Waals surface area contributed by atoms with Crippen molar-refractivity contribution < 1.29 is 9.90 Å². The second-order valence-electron chi connectivity index (χ2n) is 2.45. The minimum Gasteiger partial charge on any atom is -0.396 e. The lowest BCUT2D eigenvalue weighted by molar-refractivity contribution is -0.121. The zero-order chi connectivity index (χ0) is 8.69. The lowest BCUT2D eigenvalue weighted by Crippen LogP contribution is -2.33. The van der Waals surface area contributed by atoms with Gasteiger partial charge < -0.3 is 10.4 Å². The molecule has 1 amide bonds. The van der Waals surface area contributed by atoms with Gasteiger partial charge in [0, 0.05) is 19.1 Å². The molecule has 0 aromatic carbocycles. The van der Waals surface area contributed by atoms with Gasteiger partial charge in [0.25, 0.3) is 0 Å². The Bertz CT molecular complexity index is 119. The van der Waals surface area contributed by atoms with Crippen LogP contribution < -0.4 is 5.32 Å². The number of aliphatic hydroxyl groups is 1. The highest BCUT2D eigenvalue weighted by molar-refractivity contribution is 7.80. The fourth-order valence-corrected chi connectivity index (χ4v) is 0.917. The van der Waals surface area contributed by atoms with Crippen molar-refractivity contribution in [3.8, 4) is 0 Å². The van der Waals surface area contributed by atoms with Crippen molar-refractivity contribution in [3.63, 3.8) is 0 Å². The first-order chi connectivity index (χ1) is 5.20. The minimum atomic E-state index is 0.000880. The van der Waals surface area contributed by atoms with Gasteiger partial charge in [-0.1, -0.05) is 0 Å². The van der Waals surface area contributed by atoms with Gasteiger partial charge in [0.1, 0.15) is 0 Å². The maximum Gasteiger partial charge on any atom is 0.221 e. The summed E-state index contributed by atoms with van der Waals surface area (Å²) in [5.74, 6) is 0.568. The second kappa shape index (κ2) is 6.49. The number of aliphatic hydroxyl groups excluding tert-OH is 1. The lowest BCUT2D eigenvalue weighted by atomic mass is 10.2. The molecule has 0 saturated heterocycles. The van der Waals surface area contributed by atoms with E-state index < -0.39 is 0 Å². The summed E-state index contributed by atoms with van der Waals surface area (Å²) in [6.07, 6.45) is 1.05. The van der Waals surface area contributed by atoms with E-state index in [1.807, 2.05) is 6.92 Å². The molecule has 0 radical (unpaired) electrons. The van der Waals surface area contributed by atoms with Gasteiger partial charge in [0.05, 0.1) is 0 Å². The first-order valence-corrected chi connectivity index (χ1v) is 4.35. The van der Waals surface area contributed by atoms with Crippen LogP contribution in [0.1, 0.15) is 19.8 Å². The third-order valence-corrected chi connectivity index (χ3v) is 1.53.